The maximum atomic E-state index is 4.84. The lowest BCUT2D eigenvalue weighted by Crippen LogP contribution is -2.48. The van der Waals surface area contributed by atoms with E-state index in [0.717, 1.165) is 25.6 Å². The molecule has 1 saturated carbocycles. The molecule has 156 valence electrons. The molecule has 0 atom stereocenters. The van der Waals surface area contributed by atoms with Crippen molar-refractivity contribution in [3.05, 3.63) is 83.9 Å². The van der Waals surface area contributed by atoms with E-state index in [1.54, 1.807) is 12.7 Å². The minimum atomic E-state index is 0.231. The molecule has 1 aromatic heterocycles. The third-order valence-electron chi connectivity index (χ3n) is 5.86. The summed E-state index contributed by atoms with van der Waals surface area (Å²) in [4.78, 5) is 8.84. The predicted octanol–water partition coefficient (Wildman–Crippen LogP) is 3.50. The lowest BCUT2D eigenvalue weighted by molar-refractivity contribution is 0.244. The van der Waals surface area contributed by atoms with Crippen LogP contribution in [0.3, 0.4) is 0 Å². The zero-order valence-corrected chi connectivity index (χ0v) is 17.6. The summed E-state index contributed by atoms with van der Waals surface area (Å²) >= 11 is 0. The molecule has 4 rings (SSSR count). The van der Waals surface area contributed by atoms with Crippen molar-refractivity contribution in [3.63, 3.8) is 0 Å². The third-order valence-corrected chi connectivity index (χ3v) is 5.86. The van der Waals surface area contributed by atoms with E-state index in [0.29, 0.717) is 6.54 Å². The Bertz CT molecular complexity index is 945. The number of nitrogens with zero attached hydrogens (tertiary/aromatic N) is 4. The number of rotatable bonds is 8. The fourth-order valence-corrected chi connectivity index (χ4v) is 4.06. The summed E-state index contributed by atoms with van der Waals surface area (Å²) < 4.78 is 1.83. The second kappa shape index (κ2) is 9.57. The average molecular weight is 403 g/mol. The molecule has 0 aliphatic heterocycles. The van der Waals surface area contributed by atoms with Crippen LogP contribution in [0.1, 0.15) is 42.9 Å². The van der Waals surface area contributed by atoms with Gasteiger partial charge in [0.25, 0.3) is 0 Å². The fraction of sp³-hybridized carbons (Fsp3) is 0.375. The van der Waals surface area contributed by atoms with Gasteiger partial charge in [-0.3, -0.25) is 0 Å². The minimum absolute atomic E-state index is 0.231. The number of aliphatic imine (C=N–C) groups is 1. The van der Waals surface area contributed by atoms with E-state index in [1.807, 2.05) is 4.68 Å². The molecule has 1 heterocycles. The monoisotopic (exact) mass is 402 g/mol. The van der Waals surface area contributed by atoms with Gasteiger partial charge >= 0.3 is 0 Å². The van der Waals surface area contributed by atoms with Crippen molar-refractivity contribution in [1.82, 2.24) is 25.4 Å². The van der Waals surface area contributed by atoms with Gasteiger partial charge in [0.05, 0.1) is 13.1 Å². The molecule has 0 unspecified atom stereocenters. The Morgan fingerprint density at radius 1 is 1.07 bits per heavy atom. The first-order valence-electron chi connectivity index (χ1n) is 10.8. The van der Waals surface area contributed by atoms with E-state index in [9.17, 15) is 0 Å². The molecule has 0 saturated heterocycles. The number of guanidine groups is 1. The van der Waals surface area contributed by atoms with Gasteiger partial charge in [0.1, 0.15) is 12.7 Å². The van der Waals surface area contributed by atoms with Crippen LogP contribution in [0, 0.1) is 0 Å². The van der Waals surface area contributed by atoms with Crippen LogP contribution in [0.15, 0.2) is 72.2 Å². The Morgan fingerprint density at radius 2 is 1.90 bits per heavy atom. The van der Waals surface area contributed by atoms with Crippen LogP contribution in [-0.2, 0) is 18.5 Å². The molecule has 0 radical (unpaired) electrons. The summed E-state index contributed by atoms with van der Waals surface area (Å²) in [7, 11) is 0. The van der Waals surface area contributed by atoms with Crippen molar-refractivity contribution < 1.29 is 0 Å². The molecular formula is C24H30N6. The zero-order chi connectivity index (χ0) is 20.7. The number of hydrogen-bond acceptors (Lipinski definition) is 3. The molecule has 6 heteroatoms. The number of aromatic nitrogens is 3. The Morgan fingerprint density at radius 3 is 2.60 bits per heavy atom. The summed E-state index contributed by atoms with van der Waals surface area (Å²) in [5.41, 5.74) is 4.05. The largest absolute Gasteiger partial charge is 0.357 e. The van der Waals surface area contributed by atoms with Crippen LogP contribution in [0.5, 0.6) is 0 Å². The van der Waals surface area contributed by atoms with Gasteiger partial charge in [-0.1, -0.05) is 61.0 Å². The highest BCUT2D eigenvalue weighted by molar-refractivity contribution is 5.79. The van der Waals surface area contributed by atoms with Crippen LogP contribution < -0.4 is 10.6 Å². The smallest absolute Gasteiger partial charge is 0.191 e. The number of hydrogen-bond donors (Lipinski definition) is 2. The van der Waals surface area contributed by atoms with Crippen LogP contribution in [-0.4, -0.2) is 33.8 Å². The first-order chi connectivity index (χ1) is 14.8. The average Bonchev–Trinajstić information content (AvgIpc) is 3.25. The summed E-state index contributed by atoms with van der Waals surface area (Å²) in [6, 6.07) is 19.4. The fourth-order valence-electron chi connectivity index (χ4n) is 4.06. The van der Waals surface area contributed by atoms with Crippen molar-refractivity contribution in [1.29, 1.82) is 0 Å². The van der Waals surface area contributed by atoms with Crippen LogP contribution in [0.25, 0.3) is 0 Å². The first kappa shape index (κ1) is 20.1. The maximum absolute atomic E-state index is 4.84. The van der Waals surface area contributed by atoms with E-state index in [-0.39, 0.29) is 5.41 Å². The Kier molecular flexibility index (Phi) is 6.42. The van der Waals surface area contributed by atoms with E-state index in [1.165, 1.54) is 36.0 Å². The highest BCUT2D eigenvalue weighted by Crippen LogP contribution is 2.43. The SMILES string of the molecule is CCNC(=NCc1cccc(Cn2cncn2)c1)NCC1(c2ccccc2)CCC1. The molecule has 1 fully saturated rings. The van der Waals surface area contributed by atoms with Crippen LogP contribution in [0.2, 0.25) is 0 Å². The molecule has 30 heavy (non-hydrogen) atoms. The summed E-state index contributed by atoms with van der Waals surface area (Å²) in [5.74, 6) is 0.876. The first-order valence-corrected chi connectivity index (χ1v) is 10.8. The molecule has 6 nitrogen and oxygen atoms in total. The molecule has 0 spiro atoms. The third kappa shape index (κ3) is 4.87. The molecule has 3 aromatic rings. The van der Waals surface area contributed by atoms with Crippen molar-refractivity contribution in [2.24, 2.45) is 4.99 Å². The quantitative estimate of drug-likeness (QED) is 0.447. The van der Waals surface area contributed by atoms with E-state index >= 15 is 0 Å². The van der Waals surface area contributed by atoms with E-state index < -0.39 is 0 Å². The number of benzene rings is 2. The van der Waals surface area contributed by atoms with Crippen LogP contribution in [0.4, 0.5) is 0 Å². The van der Waals surface area contributed by atoms with Gasteiger partial charge in [-0.05, 0) is 36.5 Å². The lowest BCUT2D eigenvalue weighted by Gasteiger charge is -2.43. The normalized spacial score (nSPS) is 15.4. The molecule has 1 aliphatic rings. The highest BCUT2D eigenvalue weighted by atomic mass is 15.3. The van der Waals surface area contributed by atoms with Crippen molar-refractivity contribution >= 4 is 5.96 Å². The molecule has 2 aromatic carbocycles. The molecular weight excluding hydrogens is 372 g/mol. The second-order valence-corrected chi connectivity index (χ2v) is 7.96. The van der Waals surface area contributed by atoms with Gasteiger partial charge in [-0.25, -0.2) is 14.7 Å². The molecule has 1 aliphatic carbocycles. The van der Waals surface area contributed by atoms with Gasteiger partial charge in [0, 0.05) is 18.5 Å². The maximum Gasteiger partial charge on any atom is 0.191 e. The Hall–Kier alpha value is -3.15. The molecule has 0 amide bonds. The van der Waals surface area contributed by atoms with Gasteiger partial charge in [0.15, 0.2) is 5.96 Å². The molecule has 0 bridgehead atoms. The lowest BCUT2D eigenvalue weighted by atomic mass is 9.64. The van der Waals surface area contributed by atoms with E-state index in [2.05, 4.69) is 82.2 Å². The topological polar surface area (TPSA) is 67.1 Å². The Labute approximate surface area is 178 Å². The van der Waals surface area contributed by atoms with Crippen molar-refractivity contribution in [2.45, 2.75) is 44.7 Å². The second-order valence-electron chi connectivity index (χ2n) is 7.96. The van der Waals surface area contributed by atoms with Gasteiger partial charge < -0.3 is 10.6 Å². The van der Waals surface area contributed by atoms with Crippen molar-refractivity contribution in [2.75, 3.05) is 13.1 Å². The van der Waals surface area contributed by atoms with Crippen LogP contribution >= 0.6 is 0 Å². The van der Waals surface area contributed by atoms with E-state index in [4.69, 9.17) is 4.99 Å². The Balaban J connectivity index is 1.40. The van der Waals surface area contributed by atoms with Gasteiger partial charge in [-0.2, -0.15) is 5.10 Å². The molecule has 2 N–H and O–H groups in total. The highest BCUT2D eigenvalue weighted by Gasteiger charge is 2.38. The standard InChI is InChI=1S/C24H30N6/c1-2-26-23(28-17-24(12-7-13-24)22-10-4-3-5-11-22)27-15-20-8-6-9-21(14-20)16-30-19-25-18-29-30/h3-6,8-11,14,18-19H,2,7,12-13,15-17H2,1H3,(H2,26,27,28). The summed E-state index contributed by atoms with van der Waals surface area (Å²) in [6.45, 7) is 5.21. The summed E-state index contributed by atoms with van der Waals surface area (Å²) in [6.07, 6.45) is 7.05. The summed E-state index contributed by atoms with van der Waals surface area (Å²) in [5, 5.41) is 11.2. The van der Waals surface area contributed by atoms with Crippen molar-refractivity contribution in [3.8, 4) is 0 Å². The zero-order valence-electron chi connectivity index (χ0n) is 17.6. The van der Waals surface area contributed by atoms with Gasteiger partial charge in [0.2, 0.25) is 0 Å². The predicted molar refractivity (Wildman–Crippen MR) is 120 cm³/mol. The van der Waals surface area contributed by atoms with Gasteiger partial charge in [-0.15, -0.1) is 0 Å². The number of nitrogens with one attached hydrogen (secondary N) is 2. The minimum Gasteiger partial charge on any atom is -0.357 e.